The number of Topliss-reactive ketones (excluding diaryl/α,β-unsaturated/α-hetero) is 1. The Morgan fingerprint density at radius 3 is 2.34 bits per heavy atom. The Morgan fingerprint density at radius 2 is 1.73 bits per heavy atom. The van der Waals surface area contributed by atoms with Gasteiger partial charge >= 0.3 is 5.97 Å². The van der Waals surface area contributed by atoms with E-state index in [4.69, 9.17) is 23.7 Å². The molecule has 3 aliphatic heterocycles. The van der Waals surface area contributed by atoms with E-state index in [-0.39, 0.29) is 38.2 Å². The monoisotopic (exact) mass is 786 g/mol. The Labute approximate surface area is 331 Å². The van der Waals surface area contributed by atoms with E-state index >= 15 is 4.39 Å². The minimum absolute atomic E-state index is 0.0391. The third kappa shape index (κ3) is 10.3. The van der Waals surface area contributed by atoms with Crippen LogP contribution in [0.25, 0.3) is 6.08 Å². The van der Waals surface area contributed by atoms with Gasteiger partial charge in [-0.25, -0.2) is 14.2 Å². The van der Waals surface area contributed by atoms with Crippen LogP contribution in [0.1, 0.15) is 87.1 Å². The van der Waals surface area contributed by atoms with Gasteiger partial charge in [0.05, 0.1) is 37.1 Å². The highest BCUT2D eigenvalue weighted by Gasteiger charge is 2.56. The van der Waals surface area contributed by atoms with Crippen LogP contribution in [0, 0.1) is 17.8 Å². The second kappa shape index (κ2) is 18.6. The molecule has 3 saturated heterocycles. The molecule has 3 heterocycles. The van der Waals surface area contributed by atoms with E-state index in [0.717, 1.165) is 12.5 Å². The van der Waals surface area contributed by atoms with Gasteiger partial charge in [0.15, 0.2) is 12.1 Å². The normalized spacial score (nSPS) is 41.0. The van der Waals surface area contributed by atoms with Gasteiger partial charge in [-0.05, 0) is 78.1 Å². The van der Waals surface area contributed by atoms with Crippen molar-refractivity contribution in [2.75, 3.05) is 27.3 Å². The molecule has 3 aliphatic rings. The summed E-state index contributed by atoms with van der Waals surface area (Å²) in [5, 5.41) is 23.9. The number of alkyl halides is 1. The van der Waals surface area contributed by atoms with E-state index in [1.807, 2.05) is 81.4 Å². The van der Waals surface area contributed by atoms with Gasteiger partial charge in [0.1, 0.15) is 17.8 Å². The lowest BCUT2D eigenvalue weighted by Gasteiger charge is -2.47. The number of cyclic esters (lactones) is 1. The Hall–Kier alpha value is -3.17. The van der Waals surface area contributed by atoms with E-state index in [0.29, 0.717) is 17.7 Å². The molecule has 1 amide bonds. The first-order valence-corrected chi connectivity index (χ1v) is 19.7. The molecular formula is C43H63FN2O10. The van der Waals surface area contributed by atoms with Crippen molar-refractivity contribution in [1.82, 2.24) is 4.90 Å². The Balaban J connectivity index is 2.00. The summed E-state index contributed by atoms with van der Waals surface area (Å²) < 4.78 is 48.8. The predicted octanol–water partition coefficient (Wildman–Crippen LogP) is 5.28. The maximum Gasteiger partial charge on any atom is 0.351 e. The number of likely N-dealkylation sites (N-methyl/N-ethyl adjacent to an activating group) is 1. The molecule has 0 spiro atoms. The smallest absolute Gasteiger partial charge is 0.351 e. The van der Waals surface area contributed by atoms with Crippen molar-refractivity contribution in [3.05, 3.63) is 53.6 Å². The topological polar surface area (TPSA) is 153 Å². The standard InChI is InChI=1S/C43H63FN2O10/c1-12-33-43(9,51)38-27(4)34(45-29(6)47)25(2)22-41(7,53-24-31(23-52-38)20-16-19-30-17-14-13-15-18-30)37(28(5)36(49)42(8,44)40(50)55-33)56-39-35(48)32(46(10)11)21-26(3)54-39/h13-20,25-28,32-33,35,37-39,48,51H,12,21-24H2,1-11H3/b19-16+,31-20-,45-34?/t25?,26-,27?,28+,32+,33+,35?,37?,38?,39+,41-,42+,43-/m1/s1. The van der Waals surface area contributed by atoms with Gasteiger partial charge in [-0.3, -0.25) is 9.59 Å². The molecule has 13 heteroatoms. The van der Waals surface area contributed by atoms with Gasteiger partial charge in [0.25, 0.3) is 5.67 Å². The van der Waals surface area contributed by atoms with Crippen LogP contribution in [0.2, 0.25) is 0 Å². The number of carbonyl (C=O) groups excluding carboxylic acids is 3. The first-order chi connectivity index (χ1) is 26.1. The number of benzene rings is 1. The summed E-state index contributed by atoms with van der Waals surface area (Å²) in [5.41, 5.74) is -4.64. The molecule has 1 aromatic rings. The van der Waals surface area contributed by atoms with E-state index < -0.39 is 83.0 Å². The van der Waals surface area contributed by atoms with Gasteiger partial charge in [-0.15, -0.1) is 0 Å². The zero-order valence-corrected chi connectivity index (χ0v) is 34.9. The fourth-order valence-corrected chi connectivity index (χ4v) is 8.53. The van der Waals surface area contributed by atoms with Gasteiger partial charge in [0, 0.05) is 30.5 Å². The molecule has 0 radical (unpaired) electrons. The molecule has 0 aromatic heterocycles. The minimum atomic E-state index is -3.18. The average molecular weight is 787 g/mol. The highest BCUT2D eigenvalue weighted by molar-refractivity contribution is 6.08. The van der Waals surface area contributed by atoms with Crippen molar-refractivity contribution < 1.29 is 52.7 Å². The third-order valence-corrected chi connectivity index (χ3v) is 11.6. The van der Waals surface area contributed by atoms with Crippen LogP contribution in [0.4, 0.5) is 4.39 Å². The van der Waals surface area contributed by atoms with Crippen molar-refractivity contribution in [1.29, 1.82) is 0 Å². The number of aliphatic hydroxyl groups is 2. The number of carbonyl (C=O) groups is 3. The molecule has 13 atom stereocenters. The number of amides is 1. The number of aliphatic hydroxyl groups excluding tert-OH is 1. The van der Waals surface area contributed by atoms with E-state index in [1.54, 1.807) is 20.8 Å². The quantitative estimate of drug-likeness (QED) is 0.286. The summed E-state index contributed by atoms with van der Waals surface area (Å²) in [6.07, 6.45) is -0.361. The Morgan fingerprint density at radius 1 is 1.07 bits per heavy atom. The number of esters is 1. The lowest BCUT2D eigenvalue weighted by molar-refractivity contribution is -0.297. The van der Waals surface area contributed by atoms with Crippen molar-refractivity contribution in [3.63, 3.8) is 0 Å². The number of fused-ring (bicyclic) bond motifs is 5. The molecule has 3 fully saturated rings. The molecule has 0 aliphatic carbocycles. The minimum Gasteiger partial charge on any atom is -0.457 e. The summed E-state index contributed by atoms with van der Waals surface area (Å²) in [5.74, 6) is -5.79. The van der Waals surface area contributed by atoms with Crippen LogP contribution < -0.4 is 0 Å². The predicted molar refractivity (Wildman–Crippen MR) is 211 cm³/mol. The summed E-state index contributed by atoms with van der Waals surface area (Å²) in [6.45, 7) is 13.8. The summed E-state index contributed by atoms with van der Waals surface area (Å²) in [4.78, 5) is 47.3. The Kier molecular flexibility index (Phi) is 15.1. The molecule has 312 valence electrons. The number of hydrogen-bond acceptors (Lipinski definition) is 11. The first kappa shape index (κ1) is 45.5. The second-order valence-corrected chi connectivity index (χ2v) is 16.7. The van der Waals surface area contributed by atoms with Gasteiger partial charge in [-0.1, -0.05) is 76.3 Å². The molecule has 12 nitrogen and oxygen atoms in total. The van der Waals surface area contributed by atoms with Crippen LogP contribution in [-0.4, -0.2) is 126 Å². The van der Waals surface area contributed by atoms with Gasteiger partial charge in [-0.2, -0.15) is 0 Å². The SMILES string of the molecule is CC[C@@H]1OC(=O)[C@@](C)(F)C(=O)[C@H](C)C(O[C@@H]2O[C@H](C)C[C@H](N(C)C)C2O)[C@@]2(C)CC(C)C(=NC(C)=O)C(C)C(OC/C(=C/C=C/c3ccccc3)CO2)[C@]1(C)O. The number of halogens is 1. The van der Waals surface area contributed by atoms with Crippen molar-refractivity contribution in [3.8, 4) is 0 Å². The molecular weight excluding hydrogens is 723 g/mol. The molecule has 1 aromatic carbocycles. The third-order valence-electron chi connectivity index (χ3n) is 11.6. The fraction of sp³-hybridized carbons (Fsp3) is 0.674. The summed E-state index contributed by atoms with van der Waals surface area (Å²) >= 11 is 0. The van der Waals surface area contributed by atoms with E-state index in [9.17, 15) is 24.6 Å². The number of nitrogens with zero attached hydrogens (tertiary/aromatic N) is 2. The molecule has 4 rings (SSSR count). The highest BCUT2D eigenvalue weighted by atomic mass is 19.1. The molecule has 5 unspecified atom stereocenters. The van der Waals surface area contributed by atoms with Crippen LogP contribution in [-0.2, 0) is 38.1 Å². The fourth-order valence-electron chi connectivity index (χ4n) is 8.53. The van der Waals surface area contributed by atoms with Gasteiger partial charge < -0.3 is 38.8 Å². The lowest BCUT2D eigenvalue weighted by Crippen LogP contribution is -2.61. The van der Waals surface area contributed by atoms with Crippen LogP contribution in [0.15, 0.2) is 53.0 Å². The summed E-state index contributed by atoms with van der Waals surface area (Å²) in [6, 6.07) is 9.32. The number of hydrogen-bond donors (Lipinski definition) is 2. The zero-order valence-electron chi connectivity index (χ0n) is 34.9. The maximum absolute atomic E-state index is 16.8. The zero-order chi connectivity index (χ0) is 41.7. The summed E-state index contributed by atoms with van der Waals surface area (Å²) in [7, 11) is 3.67. The highest BCUT2D eigenvalue weighted by Crippen LogP contribution is 2.41. The van der Waals surface area contributed by atoms with E-state index in [2.05, 4.69) is 4.99 Å². The number of allylic oxidation sites excluding steroid dienone is 2. The van der Waals surface area contributed by atoms with E-state index in [1.165, 1.54) is 20.8 Å². The number of aliphatic imine (C=N–C) groups is 1. The van der Waals surface area contributed by atoms with Crippen molar-refractivity contribution >= 4 is 29.4 Å². The maximum atomic E-state index is 16.8. The first-order valence-electron chi connectivity index (χ1n) is 19.7. The molecule has 2 N–H and O–H groups in total. The molecule has 56 heavy (non-hydrogen) atoms. The Bertz CT molecular complexity index is 1630. The van der Waals surface area contributed by atoms with Crippen molar-refractivity contribution in [2.24, 2.45) is 22.7 Å². The molecule has 0 saturated carbocycles. The molecule has 2 bridgehead atoms. The van der Waals surface area contributed by atoms with Crippen LogP contribution in [0.5, 0.6) is 0 Å². The number of rotatable bonds is 6. The lowest BCUT2D eigenvalue weighted by atomic mass is 9.73. The van der Waals surface area contributed by atoms with Gasteiger partial charge in [0.2, 0.25) is 5.91 Å². The average Bonchev–Trinajstić information content (AvgIpc) is 3.14. The largest absolute Gasteiger partial charge is 0.457 e. The van der Waals surface area contributed by atoms with Crippen molar-refractivity contribution in [2.45, 2.75) is 141 Å². The van der Waals surface area contributed by atoms with Crippen LogP contribution >= 0.6 is 0 Å². The number of ether oxygens (including phenoxy) is 5. The van der Waals surface area contributed by atoms with Crippen LogP contribution in [0.3, 0.4) is 0 Å². The number of ketones is 1. The second-order valence-electron chi connectivity index (χ2n) is 16.7.